The molecule has 6 heteroatoms. The Morgan fingerprint density at radius 2 is 1.27 bits per heavy atom. The Labute approximate surface area is 169 Å². The maximum Gasteiger partial charge on any atom is 0.257 e. The minimum atomic E-state index is -0.309. The zero-order valence-electron chi connectivity index (χ0n) is 13.5. The molecule has 130 valence electrons. The van der Waals surface area contributed by atoms with Crippen molar-refractivity contribution in [1.29, 1.82) is 0 Å². The van der Waals surface area contributed by atoms with E-state index in [4.69, 9.17) is 11.6 Å². The third-order valence-electron chi connectivity index (χ3n) is 3.62. The Hall–Kier alpha value is -2.38. The van der Waals surface area contributed by atoms with E-state index in [-0.39, 0.29) is 11.8 Å². The van der Waals surface area contributed by atoms with E-state index in [1.165, 1.54) is 0 Å². The molecular weight excluding hydrogens is 463 g/mol. The van der Waals surface area contributed by atoms with Crippen molar-refractivity contribution in [2.24, 2.45) is 0 Å². The van der Waals surface area contributed by atoms with Crippen LogP contribution >= 0.6 is 34.2 Å². The molecule has 0 heterocycles. The van der Waals surface area contributed by atoms with Gasteiger partial charge in [0.15, 0.2) is 0 Å². The van der Waals surface area contributed by atoms with Crippen molar-refractivity contribution in [3.63, 3.8) is 0 Å². The second-order valence-corrected chi connectivity index (χ2v) is 7.02. The van der Waals surface area contributed by atoms with Gasteiger partial charge in [-0.05, 0) is 65.1 Å². The zero-order chi connectivity index (χ0) is 18.5. The highest BCUT2D eigenvalue weighted by Gasteiger charge is 2.12. The lowest BCUT2D eigenvalue weighted by molar-refractivity contribution is 0.101. The first-order chi connectivity index (χ1) is 12.5. The number of nitrogens with one attached hydrogen (secondary N) is 2. The van der Waals surface area contributed by atoms with Crippen LogP contribution in [0.5, 0.6) is 0 Å². The standard InChI is InChI=1S/C20H14ClIN2O2/c21-17-10-3-1-8-15(17)19(25)23-13-6-5-7-14(12-13)24-20(26)16-9-2-4-11-18(16)22/h1-12H,(H,23,25)(H,24,26). The summed E-state index contributed by atoms with van der Waals surface area (Å²) in [5, 5.41) is 6.01. The number of carbonyl (C=O) groups excluding carboxylic acids is 2. The number of carbonyl (C=O) groups is 2. The van der Waals surface area contributed by atoms with Gasteiger partial charge in [-0.25, -0.2) is 0 Å². The molecule has 0 radical (unpaired) electrons. The van der Waals surface area contributed by atoms with E-state index in [0.717, 1.165) is 3.57 Å². The lowest BCUT2D eigenvalue weighted by atomic mass is 10.2. The van der Waals surface area contributed by atoms with Crippen LogP contribution in [0.4, 0.5) is 11.4 Å². The number of benzene rings is 3. The van der Waals surface area contributed by atoms with Gasteiger partial charge in [-0.3, -0.25) is 9.59 Å². The van der Waals surface area contributed by atoms with Crippen molar-refractivity contribution in [2.75, 3.05) is 10.6 Å². The average molecular weight is 477 g/mol. The van der Waals surface area contributed by atoms with Crippen LogP contribution < -0.4 is 10.6 Å². The van der Waals surface area contributed by atoms with Gasteiger partial charge in [0.1, 0.15) is 0 Å². The van der Waals surface area contributed by atoms with Crippen LogP contribution in [0, 0.1) is 3.57 Å². The van der Waals surface area contributed by atoms with Crippen LogP contribution in [0.25, 0.3) is 0 Å². The highest BCUT2D eigenvalue weighted by molar-refractivity contribution is 14.1. The molecule has 0 aliphatic rings. The Balaban J connectivity index is 1.74. The minimum absolute atomic E-state index is 0.204. The fourth-order valence-electron chi connectivity index (χ4n) is 2.36. The molecule has 0 bridgehead atoms. The number of rotatable bonds is 4. The topological polar surface area (TPSA) is 58.2 Å². The van der Waals surface area contributed by atoms with Crippen molar-refractivity contribution in [3.8, 4) is 0 Å². The highest BCUT2D eigenvalue weighted by Crippen LogP contribution is 2.20. The first-order valence-corrected chi connectivity index (χ1v) is 9.22. The molecule has 0 unspecified atom stereocenters. The fraction of sp³-hybridized carbons (Fsp3) is 0. The van der Waals surface area contributed by atoms with Crippen molar-refractivity contribution in [3.05, 3.63) is 92.5 Å². The second-order valence-electron chi connectivity index (χ2n) is 5.45. The van der Waals surface area contributed by atoms with E-state index < -0.39 is 0 Å². The molecule has 0 saturated heterocycles. The van der Waals surface area contributed by atoms with Crippen molar-refractivity contribution < 1.29 is 9.59 Å². The summed E-state index contributed by atoms with van der Waals surface area (Å²) < 4.78 is 0.866. The lowest BCUT2D eigenvalue weighted by Gasteiger charge is -2.10. The van der Waals surface area contributed by atoms with Crippen LogP contribution in [0.3, 0.4) is 0 Å². The van der Waals surface area contributed by atoms with Crippen molar-refractivity contribution >= 4 is 57.4 Å². The van der Waals surface area contributed by atoms with E-state index in [1.807, 2.05) is 18.2 Å². The van der Waals surface area contributed by atoms with E-state index in [9.17, 15) is 9.59 Å². The first kappa shape index (κ1) is 18.4. The molecule has 0 atom stereocenters. The van der Waals surface area contributed by atoms with Gasteiger partial charge in [0.2, 0.25) is 0 Å². The smallest absolute Gasteiger partial charge is 0.257 e. The van der Waals surface area contributed by atoms with Crippen LogP contribution in [0.15, 0.2) is 72.8 Å². The third-order valence-corrected chi connectivity index (χ3v) is 4.89. The predicted molar refractivity (Wildman–Crippen MR) is 113 cm³/mol. The molecule has 0 fully saturated rings. The van der Waals surface area contributed by atoms with E-state index in [2.05, 4.69) is 33.2 Å². The van der Waals surface area contributed by atoms with E-state index >= 15 is 0 Å². The van der Waals surface area contributed by atoms with Gasteiger partial charge in [-0.1, -0.05) is 41.9 Å². The SMILES string of the molecule is O=C(Nc1cccc(NC(=O)c2ccccc2I)c1)c1ccccc1Cl. The second kappa shape index (κ2) is 8.33. The molecule has 4 nitrogen and oxygen atoms in total. The summed E-state index contributed by atoms with van der Waals surface area (Å²) in [5.41, 5.74) is 2.14. The summed E-state index contributed by atoms with van der Waals surface area (Å²) in [6.07, 6.45) is 0. The van der Waals surface area contributed by atoms with Crippen molar-refractivity contribution in [1.82, 2.24) is 0 Å². The Morgan fingerprint density at radius 3 is 1.88 bits per heavy atom. The molecule has 0 aliphatic heterocycles. The molecular formula is C20H14ClIN2O2. The monoisotopic (exact) mass is 476 g/mol. The lowest BCUT2D eigenvalue weighted by Crippen LogP contribution is -2.15. The number of anilines is 2. The van der Waals surface area contributed by atoms with Gasteiger partial charge in [0.25, 0.3) is 11.8 Å². The van der Waals surface area contributed by atoms with Crippen LogP contribution in [-0.2, 0) is 0 Å². The number of hydrogen-bond acceptors (Lipinski definition) is 2. The predicted octanol–water partition coefficient (Wildman–Crippen LogP) is 5.45. The molecule has 3 aromatic rings. The Morgan fingerprint density at radius 1 is 0.731 bits per heavy atom. The zero-order valence-corrected chi connectivity index (χ0v) is 16.4. The number of hydrogen-bond donors (Lipinski definition) is 2. The first-order valence-electron chi connectivity index (χ1n) is 7.76. The quantitative estimate of drug-likeness (QED) is 0.492. The van der Waals surface area contributed by atoms with Gasteiger partial charge < -0.3 is 10.6 Å². The summed E-state index contributed by atoms with van der Waals surface area (Å²) in [7, 11) is 0. The fourth-order valence-corrected chi connectivity index (χ4v) is 3.22. The molecule has 0 aliphatic carbocycles. The molecule has 0 spiro atoms. The van der Waals surface area contributed by atoms with Crippen LogP contribution in [0.1, 0.15) is 20.7 Å². The molecule has 3 rings (SSSR count). The third kappa shape index (κ3) is 4.42. The Kier molecular flexibility index (Phi) is 5.90. The van der Waals surface area contributed by atoms with Gasteiger partial charge in [-0.2, -0.15) is 0 Å². The highest BCUT2D eigenvalue weighted by atomic mass is 127. The summed E-state index contributed by atoms with van der Waals surface area (Å²) in [4.78, 5) is 24.8. The Bertz CT molecular complexity index is 901. The van der Waals surface area contributed by atoms with Gasteiger partial charge >= 0.3 is 0 Å². The largest absolute Gasteiger partial charge is 0.322 e. The molecule has 2 N–H and O–H groups in total. The minimum Gasteiger partial charge on any atom is -0.322 e. The molecule has 0 aromatic heterocycles. The molecule has 26 heavy (non-hydrogen) atoms. The summed E-state index contributed by atoms with van der Waals surface area (Å²) in [6.45, 7) is 0. The van der Waals surface area contributed by atoms with Crippen LogP contribution in [0.2, 0.25) is 5.02 Å². The van der Waals surface area contributed by atoms with Gasteiger partial charge in [-0.15, -0.1) is 0 Å². The molecule has 3 aromatic carbocycles. The van der Waals surface area contributed by atoms with E-state index in [1.54, 1.807) is 54.6 Å². The molecule has 2 amide bonds. The van der Waals surface area contributed by atoms with Crippen LogP contribution in [-0.4, -0.2) is 11.8 Å². The van der Waals surface area contributed by atoms with E-state index in [0.29, 0.717) is 27.5 Å². The van der Waals surface area contributed by atoms with Gasteiger partial charge in [0.05, 0.1) is 16.1 Å². The number of amides is 2. The maximum atomic E-state index is 12.4. The van der Waals surface area contributed by atoms with Gasteiger partial charge in [0, 0.05) is 14.9 Å². The normalized spacial score (nSPS) is 10.2. The summed E-state index contributed by atoms with van der Waals surface area (Å²) >= 11 is 8.17. The summed E-state index contributed by atoms with van der Waals surface area (Å²) in [6, 6.07) is 21.1. The maximum absolute atomic E-state index is 12.4. The molecule has 0 saturated carbocycles. The number of halogens is 2. The van der Waals surface area contributed by atoms with Crippen molar-refractivity contribution in [2.45, 2.75) is 0 Å². The average Bonchev–Trinajstić information content (AvgIpc) is 2.62. The summed E-state index contributed by atoms with van der Waals surface area (Å²) in [5.74, 6) is -0.513.